The monoisotopic (exact) mass is 372 g/mol. The molecule has 0 bridgehead atoms. The van der Waals surface area contributed by atoms with E-state index in [1.54, 1.807) is 11.3 Å². The van der Waals surface area contributed by atoms with E-state index in [-0.39, 0.29) is 18.3 Å². The van der Waals surface area contributed by atoms with Gasteiger partial charge in [-0.25, -0.2) is 4.98 Å². The molecule has 1 aliphatic heterocycles. The highest BCUT2D eigenvalue weighted by atomic mass is 35.5. The summed E-state index contributed by atoms with van der Waals surface area (Å²) in [6.07, 6.45) is 0. The van der Waals surface area contributed by atoms with Crippen molar-refractivity contribution in [1.29, 1.82) is 0 Å². The van der Waals surface area contributed by atoms with Crippen LogP contribution in [0.5, 0.6) is 0 Å². The number of carbonyl (C=O) groups is 1. The van der Waals surface area contributed by atoms with Crippen LogP contribution in [0.3, 0.4) is 0 Å². The predicted molar refractivity (Wildman–Crippen MR) is 99.9 cm³/mol. The summed E-state index contributed by atoms with van der Waals surface area (Å²) in [7, 11) is 0. The molecule has 0 atom stereocenters. The molecule has 5 nitrogen and oxygen atoms in total. The van der Waals surface area contributed by atoms with Crippen LogP contribution in [0.2, 0.25) is 0 Å². The van der Waals surface area contributed by atoms with Crippen molar-refractivity contribution in [1.82, 2.24) is 20.5 Å². The SMILES string of the molecule is Cl.O=C(CSc1nc2ccccc2s1)NCCN1CCNCC1. The van der Waals surface area contributed by atoms with Crippen LogP contribution >= 0.6 is 35.5 Å². The van der Waals surface area contributed by atoms with E-state index < -0.39 is 0 Å². The third kappa shape index (κ3) is 5.61. The average Bonchev–Trinajstić information content (AvgIpc) is 2.97. The number of benzene rings is 1. The lowest BCUT2D eigenvalue weighted by Crippen LogP contribution is -2.46. The number of para-hydroxylation sites is 1. The Labute approximate surface area is 150 Å². The number of thioether (sulfide) groups is 1. The summed E-state index contributed by atoms with van der Waals surface area (Å²) in [5.41, 5.74) is 1.01. The lowest BCUT2D eigenvalue weighted by atomic mass is 10.3. The zero-order chi connectivity index (χ0) is 15.2. The number of amides is 1. The van der Waals surface area contributed by atoms with Gasteiger partial charge in [0.2, 0.25) is 5.91 Å². The third-order valence-corrected chi connectivity index (χ3v) is 5.74. The van der Waals surface area contributed by atoms with E-state index in [1.807, 2.05) is 18.2 Å². The van der Waals surface area contributed by atoms with Crippen LogP contribution in [0.25, 0.3) is 10.2 Å². The second kappa shape index (κ2) is 9.44. The van der Waals surface area contributed by atoms with Gasteiger partial charge in [0.15, 0.2) is 4.34 Å². The molecular weight excluding hydrogens is 352 g/mol. The van der Waals surface area contributed by atoms with Gasteiger partial charge in [-0.15, -0.1) is 23.7 Å². The highest BCUT2D eigenvalue weighted by Gasteiger charge is 2.10. The molecule has 0 unspecified atom stereocenters. The minimum atomic E-state index is 0. The zero-order valence-corrected chi connectivity index (χ0v) is 15.2. The van der Waals surface area contributed by atoms with Crippen molar-refractivity contribution >= 4 is 51.6 Å². The van der Waals surface area contributed by atoms with Crippen molar-refractivity contribution in [2.75, 3.05) is 45.0 Å². The first kappa shape index (κ1) is 18.5. The summed E-state index contributed by atoms with van der Waals surface area (Å²) >= 11 is 3.15. The first-order chi connectivity index (χ1) is 10.8. The van der Waals surface area contributed by atoms with Crippen LogP contribution in [0.15, 0.2) is 28.6 Å². The molecule has 0 spiro atoms. The number of rotatable bonds is 6. The molecule has 1 amide bonds. The lowest BCUT2D eigenvalue weighted by molar-refractivity contribution is -0.118. The molecule has 1 aromatic heterocycles. The number of fused-ring (bicyclic) bond motifs is 1. The quantitative estimate of drug-likeness (QED) is 0.758. The van der Waals surface area contributed by atoms with Crippen LogP contribution in [0.1, 0.15) is 0 Å². The molecule has 1 saturated heterocycles. The minimum Gasteiger partial charge on any atom is -0.354 e. The standard InChI is InChI=1S/C15H20N4OS2.ClH/c20-14(17-7-10-19-8-5-16-6-9-19)11-21-15-18-12-3-1-2-4-13(12)22-15;/h1-4,16H,5-11H2,(H,17,20);1H. The molecule has 0 saturated carbocycles. The van der Waals surface area contributed by atoms with Gasteiger partial charge in [0.25, 0.3) is 0 Å². The number of nitrogens with zero attached hydrogens (tertiary/aromatic N) is 2. The van der Waals surface area contributed by atoms with Gasteiger partial charge in [0, 0.05) is 39.3 Å². The summed E-state index contributed by atoms with van der Waals surface area (Å²) in [4.78, 5) is 18.8. The molecule has 0 aliphatic carbocycles. The predicted octanol–water partition coefficient (Wildman–Crippen LogP) is 1.83. The summed E-state index contributed by atoms with van der Waals surface area (Å²) < 4.78 is 2.13. The maximum Gasteiger partial charge on any atom is 0.230 e. The fraction of sp³-hybridized carbons (Fsp3) is 0.467. The molecule has 1 aliphatic rings. The number of piperazine rings is 1. The van der Waals surface area contributed by atoms with E-state index in [0.717, 1.165) is 49.1 Å². The van der Waals surface area contributed by atoms with Crippen LogP contribution in [-0.2, 0) is 4.79 Å². The van der Waals surface area contributed by atoms with Gasteiger partial charge in [-0.1, -0.05) is 23.9 Å². The van der Waals surface area contributed by atoms with Crippen molar-refractivity contribution in [3.63, 3.8) is 0 Å². The fourth-order valence-electron chi connectivity index (χ4n) is 2.38. The van der Waals surface area contributed by atoms with Gasteiger partial charge in [-0.3, -0.25) is 9.69 Å². The Morgan fingerprint density at radius 2 is 2.13 bits per heavy atom. The topological polar surface area (TPSA) is 57.3 Å². The van der Waals surface area contributed by atoms with Crippen LogP contribution < -0.4 is 10.6 Å². The Hall–Kier alpha value is -0.860. The molecule has 8 heteroatoms. The normalized spacial score (nSPS) is 15.3. The van der Waals surface area contributed by atoms with E-state index in [0.29, 0.717) is 5.75 Å². The number of halogens is 1. The van der Waals surface area contributed by atoms with E-state index in [1.165, 1.54) is 16.5 Å². The van der Waals surface area contributed by atoms with Gasteiger partial charge < -0.3 is 10.6 Å². The molecule has 0 radical (unpaired) electrons. The maximum atomic E-state index is 11.9. The van der Waals surface area contributed by atoms with Crippen molar-refractivity contribution in [2.45, 2.75) is 4.34 Å². The molecule has 23 heavy (non-hydrogen) atoms. The summed E-state index contributed by atoms with van der Waals surface area (Å²) in [6.45, 7) is 5.87. The maximum absolute atomic E-state index is 11.9. The van der Waals surface area contributed by atoms with Gasteiger partial charge in [-0.2, -0.15) is 0 Å². The van der Waals surface area contributed by atoms with Gasteiger partial charge >= 0.3 is 0 Å². The van der Waals surface area contributed by atoms with E-state index in [2.05, 4.69) is 26.6 Å². The van der Waals surface area contributed by atoms with E-state index in [9.17, 15) is 4.79 Å². The Morgan fingerprint density at radius 3 is 2.91 bits per heavy atom. The van der Waals surface area contributed by atoms with Crippen molar-refractivity contribution in [3.8, 4) is 0 Å². The number of hydrogen-bond acceptors (Lipinski definition) is 6. The molecule has 3 rings (SSSR count). The van der Waals surface area contributed by atoms with Crippen molar-refractivity contribution in [3.05, 3.63) is 24.3 Å². The first-order valence-electron chi connectivity index (χ1n) is 7.49. The molecule has 1 aromatic carbocycles. The third-order valence-electron chi connectivity index (χ3n) is 3.56. The first-order valence-corrected chi connectivity index (χ1v) is 9.29. The Kier molecular flexibility index (Phi) is 7.58. The van der Waals surface area contributed by atoms with Gasteiger partial charge in [-0.05, 0) is 12.1 Å². The lowest BCUT2D eigenvalue weighted by Gasteiger charge is -2.27. The van der Waals surface area contributed by atoms with Crippen molar-refractivity contribution in [2.24, 2.45) is 0 Å². The Bertz CT molecular complexity index is 598. The van der Waals surface area contributed by atoms with Crippen molar-refractivity contribution < 1.29 is 4.79 Å². The van der Waals surface area contributed by atoms with Crippen LogP contribution in [0, 0.1) is 0 Å². The number of aromatic nitrogens is 1. The molecular formula is C15H21ClN4OS2. The second-order valence-electron chi connectivity index (χ2n) is 5.18. The van der Waals surface area contributed by atoms with Gasteiger partial charge in [0.05, 0.1) is 16.0 Å². The van der Waals surface area contributed by atoms with Crippen LogP contribution in [-0.4, -0.2) is 60.8 Å². The average molecular weight is 373 g/mol. The van der Waals surface area contributed by atoms with E-state index >= 15 is 0 Å². The molecule has 126 valence electrons. The number of hydrogen-bond donors (Lipinski definition) is 2. The summed E-state index contributed by atoms with van der Waals surface area (Å²) in [5.74, 6) is 0.515. The highest BCUT2D eigenvalue weighted by Crippen LogP contribution is 2.28. The van der Waals surface area contributed by atoms with Gasteiger partial charge in [0.1, 0.15) is 0 Å². The summed E-state index contributed by atoms with van der Waals surface area (Å²) in [6, 6.07) is 8.06. The summed E-state index contributed by atoms with van der Waals surface area (Å²) in [5, 5.41) is 6.31. The molecule has 1 fully saturated rings. The Morgan fingerprint density at radius 1 is 1.35 bits per heavy atom. The second-order valence-corrected chi connectivity index (χ2v) is 7.43. The highest BCUT2D eigenvalue weighted by molar-refractivity contribution is 8.01. The number of carbonyl (C=O) groups excluding carboxylic acids is 1. The zero-order valence-electron chi connectivity index (χ0n) is 12.8. The molecule has 2 aromatic rings. The molecule has 2 heterocycles. The number of thiazole rings is 1. The fourth-order valence-corrected chi connectivity index (χ4v) is 4.28. The smallest absolute Gasteiger partial charge is 0.230 e. The minimum absolute atomic E-state index is 0. The van der Waals surface area contributed by atoms with Crippen LogP contribution in [0.4, 0.5) is 0 Å². The molecule has 2 N–H and O–H groups in total. The largest absolute Gasteiger partial charge is 0.354 e. The van der Waals surface area contributed by atoms with E-state index in [4.69, 9.17) is 0 Å². The Balaban J connectivity index is 0.00000192. The number of nitrogens with one attached hydrogen (secondary N) is 2.